The first-order chi connectivity index (χ1) is 9.86. The van der Waals surface area contributed by atoms with Crippen molar-refractivity contribution in [2.45, 2.75) is 13.0 Å². The SMILES string of the molecule is CC(NC(=O)c1cc(Cl)nc(Cl)c1)c1nc(C(=O)O)cs1. The molecule has 1 atom stereocenters. The number of aromatic nitrogens is 2. The van der Waals surface area contributed by atoms with Crippen molar-refractivity contribution < 1.29 is 14.7 Å². The zero-order chi connectivity index (χ0) is 15.6. The number of pyridine rings is 1. The van der Waals surface area contributed by atoms with Crippen LogP contribution in [0.2, 0.25) is 10.3 Å². The number of thiazole rings is 1. The molecule has 1 unspecified atom stereocenters. The number of halogens is 2. The van der Waals surface area contributed by atoms with Gasteiger partial charge in [0.25, 0.3) is 5.91 Å². The van der Waals surface area contributed by atoms with Crippen molar-refractivity contribution in [3.63, 3.8) is 0 Å². The van der Waals surface area contributed by atoms with Crippen LogP contribution in [0.3, 0.4) is 0 Å². The van der Waals surface area contributed by atoms with E-state index in [2.05, 4.69) is 15.3 Å². The van der Waals surface area contributed by atoms with Crippen molar-refractivity contribution in [2.75, 3.05) is 0 Å². The lowest BCUT2D eigenvalue weighted by Gasteiger charge is -2.11. The Morgan fingerprint density at radius 1 is 1.29 bits per heavy atom. The molecule has 0 aliphatic carbocycles. The van der Waals surface area contributed by atoms with Crippen LogP contribution in [0.25, 0.3) is 0 Å². The van der Waals surface area contributed by atoms with Crippen LogP contribution in [0.1, 0.15) is 38.8 Å². The van der Waals surface area contributed by atoms with Gasteiger partial charge >= 0.3 is 5.97 Å². The highest BCUT2D eigenvalue weighted by atomic mass is 35.5. The van der Waals surface area contributed by atoms with Crippen LogP contribution < -0.4 is 5.32 Å². The highest BCUT2D eigenvalue weighted by Crippen LogP contribution is 2.20. The molecule has 2 rings (SSSR count). The largest absolute Gasteiger partial charge is 0.476 e. The van der Waals surface area contributed by atoms with Gasteiger partial charge in [-0.1, -0.05) is 23.2 Å². The Hall–Kier alpha value is -1.70. The van der Waals surface area contributed by atoms with Crippen LogP contribution in [-0.2, 0) is 0 Å². The number of carbonyl (C=O) groups is 2. The minimum atomic E-state index is -1.11. The first kappa shape index (κ1) is 15.7. The second-order valence-electron chi connectivity index (χ2n) is 4.07. The van der Waals surface area contributed by atoms with Gasteiger partial charge in [0.05, 0.1) is 6.04 Å². The number of nitrogens with zero attached hydrogens (tertiary/aromatic N) is 2. The molecule has 0 radical (unpaired) electrons. The molecule has 2 aromatic rings. The minimum absolute atomic E-state index is 0.0499. The van der Waals surface area contributed by atoms with Gasteiger partial charge in [-0.2, -0.15) is 0 Å². The van der Waals surface area contributed by atoms with Crippen LogP contribution in [0.5, 0.6) is 0 Å². The number of carboxylic acid groups (broad SMARTS) is 1. The van der Waals surface area contributed by atoms with Crippen LogP contribution in [-0.4, -0.2) is 27.0 Å². The lowest BCUT2D eigenvalue weighted by atomic mass is 10.2. The number of nitrogens with one attached hydrogen (secondary N) is 1. The molecule has 6 nitrogen and oxygen atoms in total. The fraction of sp³-hybridized carbons (Fsp3) is 0.167. The summed E-state index contributed by atoms with van der Waals surface area (Å²) in [5.74, 6) is -1.51. The maximum absolute atomic E-state index is 12.1. The molecule has 0 fully saturated rings. The average molecular weight is 346 g/mol. The smallest absolute Gasteiger partial charge is 0.355 e. The van der Waals surface area contributed by atoms with E-state index in [0.29, 0.717) is 5.01 Å². The summed E-state index contributed by atoms with van der Waals surface area (Å²) in [6.07, 6.45) is 0. The molecule has 2 N–H and O–H groups in total. The monoisotopic (exact) mass is 345 g/mol. The molecule has 0 saturated heterocycles. The van der Waals surface area contributed by atoms with E-state index >= 15 is 0 Å². The second kappa shape index (κ2) is 6.38. The van der Waals surface area contributed by atoms with Crippen molar-refractivity contribution in [1.29, 1.82) is 0 Å². The summed E-state index contributed by atoms with van der Waals surface area (Å²) < 4.78 is 0. The lowest BCUT2D eigenvalue weighted by Crippen LogP contribution is -2.26. The minimum Gasteiger partial charge on any atom is -0.476 e. The molecule has 21 heavy (non-hydrogen) atoms. The van der Waals surface area contributed by atoms with E-state index in [9.17, 15) is 9.59 Å². The molecule has 0 aliphatic rings. The second-order valence-corrected chi connectivity index (χ2v) is 5.74. The van der Waals surface area contributed by atoms with Gasteiger partial charge in [0.2, 0.25) is 0 Å². The molecular formula is C12H9Cl2N3O3S. The summed E-state index contributed by atoms with van der Waals surface area (Å²) in [4.78, 5) is 30.5. The van der Waals surface area contributed by atoms with E-state index in [0.717, 1.165) is 11.3 Å². The quantitative estimate of drug-likeness (QED) is 0.830. The zero-order valence-electron chi connectivity index (χ0n) is 10.6. The van der Waals surface area contributed by atoms with E-state index in [1.807, 2.05) is 0 Å². The van der Waals surface area contributed by atoms with Gasteiger partial charge in [0.1, 0.15) is 15.3 Å². The Labute approximate surface area is 133 Å². The molecule has 0 spiro atoms. The normalized spacial score (nSPS) is 12.0. The maximum atomic E-state index is 12.1. The molecule has 2 heterocycles. The number of amides is 1. The number of carbonyl (C=O) groups excluding carboxylic acids is 1. The Balaban J connectivity index is 2.12. The maximum Gasteiger partial charge on any atom is 0.355 e. The highest BCUT2D eigenvalue weighted by molar-refractivity contribution is 7.09. The van der Waals surface area contributed by atoms with Crippen molar-refractivity contribution in [3.8, 4) is 0 Å². The van der Waals surface area contributed by atoms with Crippen LogP contribution in [0.15, 0.2) is 17.5 Å². The Kier molecular flexibility index (Phi) is 4.76. The van der Waals surface area contributed by atoms with Gasteiger partial charge < -0.3 is 10.4 Å². The Bertz CT molecular complexity index is 685. The number of aromatic carboxylic acids is 1. The van der Waals surface area contributed by atoms with Gasteiger partial charge in [-0.3, -0.25) is 4.79 Å². The fourth-order valence-corrected chi connectivity index (χ4v) is 2.78. The van der Waals surface area contributed by atoms with Gasteiger partial charge in [-0.25, -0.2) is 14.8 Å². The highest BCUT2D eigenvalue weighted by Gasteiger charge is 2.17. The summed E-state index contributed by atoms with van der Waals surface area (Å²) in [7, 11) is 0. The first-order valence-corrected chi connectivity index (χ1v) is 7.33. The number of rotatable bonds is 4. The molecule has 9 heteroatoms. The van der Waals surface area contributed by atoms with Crippen LogP contribution >= 0.6 is 34.5 Å². The zero-order valence-corrected chi connectivity index (χ0v) is 13.0. The summed E-state index contributed by atoms with van der Waals surface area (Å²) in [5, 5.41) is 13.6. The molecule has 1 amide bonds. The summed E-state index contributed by atoms with van der Waals surface area (Å²) in [6.45, 7) is 1.70. The van der Waals surface area contributed by atoms with Crippen molar-refractivity contribution in [3.05, 3.63) is 44.1 Å². The molecular weight excluding hydrogens is 337 g/mol. The third-order valence-electron chi connectivity index (χ3n) is 2.48. The van der Waals surface area contributed by atoms with Crippen molar-refractivity contribution in [2.24, 2.45) is 0 Å². The van der Waals surface area contributed by atoms with Gasteiger partial charge in [-0.05, 0) is 19.1 Å². The van der Waals surface area contributed by atoms with E-state index in [4.69, 9.17) is 28.3 Å². The number of hydrogen-bond acceptors (Lipinski definition) is 5. The Morgan fingerprint density at radius 3 is 2.43 bits per heavy atom. The molecule has 0 bridgehead atoms. The summed E-state index contributed by atoms with van der Waals surface area (Å²) in [5.41, 5.74) is 0.216. The van der Waals surface area contributed by atoms with Crippen LogP contribution in [0.4, 0.5) is 0 Å². The first-order valence-electron chi connectivity index (χ1n) is 5.69. The third kappa shape index (κ3) is 3.90. The fourth-order valence-electron chi connectivity index (χ4n) is 1.52. The molecule has 0 aliphatic heterocycles. The van der Waals surface area contributed by atoms with E-state index < -0.39 is 17.9 Å². The predicted molar refractivity (Wildman–Crippen MR) is 79.2 cm³/mol. The van der Waals surface area contributed by atoms with Crippen LogP contribution in [0, 0.1) is 0 Å². The third-order valence-corrected chi connectivity index (χ3v) is 3.90. The molecule has 0 saturated carbocycles. The molecule has 0 aromatic carbocycles. The van der Waals surface area contributed by atoms with Gasteiger partial charge in [-0.15, -0.1) is 11.3 Å². The standard InChI is InChI=1S/C12H9Cl2N3O3S/c1-5(11-16-7(4-21-11)12(19)20)15-10(18)6-2-8(13)17-9(14)3-6/h2-5H,1H3,(H,15,18)(H,19,20). The summed E-state index contributed by atoms with van der Waals surface area (Å²) >= 11 is 12.6. The lowest BCUT2D eigenvalue weighted by molar-refractivity contribution is 0.0691. The topological polar surface area (TPSA) is 92.2 Å². The van der Waals surface area contributed by atoms with E-state index in [1.165, 1.54) is 17.5 Å². The predicted octanol–water partition coefficient (Wildman–Crippen LogP) is 3.03. The summed E-state index contributed by atoms with van der Waals surface area (Å²) in [6, 6.07) is 2.33. The Morgan fingerprint density at radius 2 is 1.90 bits per heavy atom. The molecule has 2 aromatic heterocycles. The van der Waals surface area contributed by atoms with E-state index in [1.54, 1.807) is 6.92 Å². The molecule has 110 valence electrons. The van der Waals surface area contributed by atoms with Crippen molar-refractivity contribution >= 4 is 46.4 Å². The van der Waals surface area contributed by atoms with Crippen molar-refractivity contribution in [1.82, 2.24) is 15.3 Å². The van der Waals surface area contributed by atoms with Gasteiger partial charge in [0.15, 0.2) is 5.69 Å². The average Bonchev–Trinajstić information content (AvgIpc) is 2.87. The number of carboxylic acids is 1. The van der Waals surface area contributed by atoms with Gasteiger partial charge in [0, 0.05) is 10.9 Å². The number of hydrogen-bond donors (Lipinski definition) is 2. The van der Waals surface area contributed by atoms with E-state index in [-0.39, 0.29) is 21.6 Å².